The summed E-state index contributed by atoms with van der Waals surface area (Å²) in [6.45, 7) is 8.19. The van der Waals surface area contributed by atoms with Gasteiger partial charge in [0, 0.05) is 17.5 Å². The summed E-state index contributed by atoms with van der Waals surface area (Å²) in [6, 6.07) is 7.41. The summed E-state index contributed by atoms with van der Waals surface area (Å²) in [5.74, 6) is 0.651. The first-order valence-electron chi connectivity index (χ1n) is 8.40. The minimum Gasteiger partial charge on any atom is -0.497 e. The Morgan fingerprint density at radius 1 is 1.32 bits per heavy atom. The number of benzene rings is 1. The van der Waals surface area contributed by atoms with E-state index < -0.39 is 11.5 Å². The lowest BCUT2D eigenvalue weighted by molar-refractivity contribution is 0.0138. The van der Waals surface area contributed by atoms with Gasteiger partial charge in [-0.05, 0) is 30.2 Å². The SMILES string of the molecule is COc1ccc(-c2[nH]ncc2C(=O)NCC(C)(C)C(O)C(C)C)cc1. The minimum atomic E-state index is -0.502. The molecule has 1 heterocycles. The van der Waals surface area contributed by atoms with Gasteiger partial charge < -0.3 is 15.2 Å². The Hall–Kier alpha value is -2.34. The molecule has 1 aromatic heterocycles. The number of amides is 1. The zero-order valence-electron chi connectivity index (χ0n) is 15.5. The van der Waals surface area contributed by atoms with Gasteiger partial charge in [-0.25, -0.2) is 0 Å². The number of hydrogen-bond acceptors (Lipinski definition) is 4. The van der Waals surface area contributed by atoms with Gasteiger partial charge in [-0.3, -0.25) is 9.89 Å². The topological polar surface area (TPSA) is 87.2 Å². The number of H-pyrrole nitrogens is 1. The zero-order chi connectivity index (χ0) is 18.6. The standard InChI is InChI=1S/C19H27N3O3/c1-12(2)17(23)19(3,4)11-20-18(24)15-10-21-22-16(15)13-6-8-14(25-5)9-7-13/h6-10,12,17,23H,11H2,1-5H3,(H,20,24)(H,21,22). The van der Waals surface area contributed by atoms with E-state index in [1.54, 1.807) is 7.11 Å². The molecule has 1 unspecified atom stereocenters. The molecule has 1 aromatic carbocycles. The van der Waals surface area contributed by atoms with Crippen LogP contribution in [0.15, 0.2) is 30.5 Å². The number of carbonyl (C=O) groups is 1. The zero-order valence-corrected chi connectivity index (χ0v) is 15.5. The summed E-state index contributed by atoms with van der Waals surface area (Å²) in [5, 5.41) is 20.1. The highest BCUT2D eigenvalue weighted by molar-refractivity contribution is 5.99. The molecule has 0 aliphatic rings. The molecule has 2 aromatic rings. The molecule has 25 heavy (non-hydrogen) atoms. The molecule has 0 fully saturated rings. The average Bonchev–Trinajstić information content (AvgIpc) is 3.08. The highest BCUT2D eigenvalue weighted by Crippen LogP contribution is 2.26. The van der Waals surface area contributed by atoms with Crippen LogP contribution in [0.3, 0.4) is 0 Å². The van der Waals surface area contributed by atoms with Crippen molar-refractivity contribution in [2.24, 2.45) is 11.3 Å². The number of nitrogens with zero attached hydrogens (tertiary/aromatic N) is 1. The number of carbonyl (C=O) groups excluding carboxylic acids is 1. The maximum absolute atomic E-state index is 12.6. The molecular weight excluding hydrogens is 318 g/mol. The lowest BCUT2D eigenvalue weighted by atomic mass is 9.80. The van der Waals surface area contributed by atoms with Crippen LogP contribution in [-0.4, -0.2) is 41.0 Å². The van der Waals surface area contributed by atoms with Gasteiger partial charge in [0.05, 0.1) is 30.7 Å². The van der Waals surface area contributed by atoms with Crippen molar-refractivity contribution in [3.05, 3.63) is 36.0 Å². The third-order valence-electron chi connectivity index (χ3n) is 4.40. The van der Waals surface area contributed by atoms with E-state index in [4.69, 9.17) is 4.74 Å². The first-order valence-corrected chi connectivity index (χ1v) is 8.40. The van der Waals surface area contributed by atoms with Gasteiger partial charge in [-0.15, -0.1) is 0 Å². The Bertz CT molecular complexity index is 705. The van der Waals surface area contributed by atoms with Crippen LogP contribution in [0.4, 0.5) is 0 Å². The van der Waals surface area contributed by atoms with Crippen LogP contribution in [0.5, 0.6) is 5.75 Å². The lowest BCUT2D eigenvalue weighted by Crippen LogP contribution is -2.43. The second kappa shape index (κ2) is 7.70. The Labute approximate surface area is 148 Å². The minimum absolute atomic E-state index is 0.121. The monoisotopic (exact) mass is 345 g/mol. The number of nitrogens with one attached hydrogen (secondary N) is 2. The smallest absolute Gasteiger partial charge is 0.255 e. The van der Waals surface area contributed by atoms with Gasteiger partial charge in [0.1, 0.15) is 5.75 Å². The predicted octanol–water partition coefficient (Wildman–Crippen LogP) is 2.86. The van der Waals surface area contributed by atoms with Crippen molar-refractivity contribution in [2.75, 3.05) is 13.7 Å². The number of hydrogen-bond donors (Lipinski definition) is 3. The maximum Gasteiger partial charge on any atom is 0.255 e. The molecule has 3 N–H and O–H groups in total. The van der Waals surface area contributed by atoms with Crippen molar-refractivity contribution < 1.29 is 14.6 Å². The highest BCUT2D eigenvalue weighted by atomic mass is 16.5. The Kier molecular flexibility index (Phi) is 5.85. The molecule has 0 aliphatic carbocycles. The number of aromatic amines is 1. The number of ether oxygens (including phenoxy) is 1. The quantitative estimate of drug-likeness (QED) is 0.720. The molecule has 2 rings (SSSR count). The number of rotatable bonds is 7. The van der Waals surface area contributed by atoms with Gasteiger partial charge in [0.15, 0.2) is 0 Å². The van der Waals surface area contributed by atoms with Crippen molar-refractivity contribution in [1.82, 2.24) is 15.5 Å². The first-order chi connectivity index (χ1) is 11.8. The van der Waals surface area contributed by atoms with E-state index in [2.05, 4.69) is 15.5 Å². The van der Waals surface area contributed by atoms with Crippen LogP contribution in [-0.2, 0) is 0 Å². The first kappa shape index (κ1) is 19.0. The molecule has 0 spiro atoms. The second-order valence-corrected chi connectivity index (χ2v) is 7.25. The van der Waals surface area contributed by atoms with E-state index in [1.165, 1.54) is 6.20 Å². The van der Waals surface area contributed by atoms with Crippen LogP contribution in [0.2, 0.25) is 0 Å². The molecule has 0 saturated carbocycles. The number of methoxy groups -OCH3 is 1. The fourth-order valence-electron chi connectivity index (χ4n) is 2.85. The van der Waals surface area contributed by atoms with Crippen molar-refractivity contribution in [1.29, 1.82) is 0 Å². The van der Waals surface area contributed by atoms with Crippen molar-refractivity contribution in [3.8, 4) is 17.0 Å². The largest absolute Gasteiger partial charge is 0.497 e. The van der Waals surface area contributed by atoms with Crippen molar-refractivity contribution in [3.63, 3.8) is 0 Å². The number of aliphatic hydroxyl groups is 1. The van der Waals surface area contributed by atoms with Crippen LogP contribution in [0.1, 0.15) is 38.1 Å². The molecule has 1 amide bonds. The fourth-order valence-corrected chi connectivity index (χ4v) is 2.85. The molecule has 0 saturated heterocycles. The normalized spacial score (nSPS) is 12.9. The predicted molar refractivity (Wildman–Crippen MR) is 97.5 cm³/mol. The van der Waals surface area contributed by atoms with E-state index in [-0.39, 0.29) is 11.8 Å². The fraction of sp³-hybridized carbons (Fsp3) is 0.474. The molecule has 1 atom stereocenters. The Morgan fingerprint density at radius 3 is 2.52 bits per heavy atom. The molecule has 6 heteroatoms. The van der Waals surface area contributed by atoms with Crippen LogP contribution in [0, 0.1) is 11.3 Å². The summed E-state index contributed by atoms with van der Waals surface area (Å²) in [7, 11) is 1.61. The van der Waals surface area contributed by atoms with Gasteiger partial charge in [-0.2, -0.15) is 5.10 Å². The summed E-state index contributed by atoms with van der Waals surface area (Å²) >= 11 is 0. The molecule has 6 nitrogen and oxygen atoms in total. The molecule has 0 bridgehead atoms. The summed E-state index contributed by atoms with van der Waals surface area (Å²) in [4.78, 5) is 12.6. The molecule has 0 radical (unpaired) electrons. The van der Waals surface area contributed by atoms with E-state index >= 15 is 0 Å². The molecule has 0 aliphatic heterocycles. The van der Waals surface area contributed by atoms with Crippen molar-refractivity contribution in [2.45, 2.75) is 33.8 Å². The molecule has 136 valence electrons. The average molecular weight is 345 g/mol. The van der Waals surface area contributed by atoms with Gasteiger partial charge >= 0.3 is 0 Å². The Balaban J connectivity index is 2.12. The van der Waals surface area contributed by atoms with Crippen LogP contribution < -0.4 is 10.1 Å². The lowest BCUT2D eigenvalue weighted by Gasteiger charge is -2.33. The van der Waals surface area contributed by atoms with E-state index in [1.807, 2.05) is 52.0 Å². The van der Waals surface area contributed by atoms with Gasteiger partial charge in [0.25, 0.3) is 5.91 Å². The summed E-state index contributed by atoms with van der Waals surface area (Å²) in [5.41, 5.74) is 1.56. The number of aliphatic hydroxyl groups excluding tert-OH is 1. The molecular formula is C19H27N3O3. The number of aromatic nitrogens is 2. The second-order valence-electron chi connectivity index (χ2n) is 7.25. The summed E-state index contributed by atoms with van der Waals surface area (Å²) < 4.78 is 5.15. The maximum atomic E-state index is 12.6. The third kappa shape index (κ3) is 4.39. The van der Waals surface area contributed by atoms with Gasteiger partial charge in [-0.1, -0.05) is 27.7 Å². The highest BCUT2D eigenvalue weighted by Gasteiger charge is 2.31. The third-order valence-corrected chi connectivity index (χ3v) is 4.40. The summed E-state index contributed by atoms with van der Waals surface area (Å²) in [6.07, 6.45) is 1.01. The van der Waals surface area contributed by atoms with Crippen molar-refractivity contribution >= 4 is 5.91 Å². The van der Waals surface area contributed by atoms with E-state index in [0.717, 1.165) is 11.3 Å². The van der Waals surface area contributed by atoms with E-state index in [0.29, 0.717) is 17.8 Å². The van der Waals surface area contributed by atoms with Crippen LogP contribution >= 0.6 is 0 Å². The Morgan fingerprint density at radius 2 is 1.96 bits per heavy atom. The van der Waals surface area contributed by atoms with Gasteiger partial charge in [0.2, 0.25) is 0 Å². The van der Waals surface area contributed by atoms with Crippen LogP contribution in [0.25, 0.3) is 11.3 Å². The van der Waals surface area contributed by atoms with E-state index in [9.17, 15) is 9.90 Å².